The molecule has 4 atom stereocenters. The van der Waals surface area contributed by atoms with Crippen molar-refractivity contribution in [2.24, 2.45) is 17.3 Å². The number of benzene rings is 1. The number of carbonyl (C=O) groups is 2. The van der Waals surface area contributed by atoms with E-state index >= 15 is 0 Å². The van der Waals surface area contributed by atoms with Gasteiger partial charge in [0, 0.05) is 18.3 Å². The van der Waals surface area contributed by atoms with Crippen LogP contribution < -0.4 is 0 Å². The van der Waals surface area contributed by atoms with Crippen LogP contribution in [-0.4, -0.2) is 34.7 Å². The quantitative estimate of drug-likeness (QED) is 0.826. The van der Waals surface area contributed by atoms with E-state index in [1.807, 2.05) is 32.9 Å². The molecule has 1 aliphatic heterocycles. The van der Waals surface area contributed by atoms with Gasteiger partial charge in [-0.25, -0.2) is 0 Å². The maximum atomic E-state index is 13.1. The fraction of sp³-hybridized carbons (Fsp3) is 0.667. The monoisotopic (exact) mass is 400 g/mol. The summed E-state index contributed by atoms with van der Waals surface area (Å²) < 4.78 is 11.9. The zero-order valence-corrected chi connectivity index (χ0v) is 17.9. The van der Waals surface area contributed by atoms with Crippen molar-refractivity contribution in [1.82, 2.24) is 0 Å². The van der Waals surface area contributed by atoms with E-state index in [1.54, 1.807) is 6.07 Å². The number of phenols is 1. The van der Waals surface area contributed by atoms with Crippen molar-refractivity contribution in [1.29, 1.82) is 0 Å². The highest BCUT2D eigenvalue weighted by Crippen LogP contribution is 2.62. The number of aromatic hydroxyl groups is 1. The minimum absolute atomic E-state index is 0.0147. The average Bonchev–Trinajstić information content (AvgIpc) is 2.91. The van der Waals surface area contributed by atoms with Crippen LogP contribution in [0.15, 0.2) is 18.2 Å². The third kappa shape index (κ3) is 3.32. The van der Waals surface area contributed by atoms with Crippen molar-refractivity contribution in [3.63, 3.8) is 0 Å². The molecule has 0 aromatic heterocycles. The van der Waals surface area contributed by atoms with Gasteiger partial charge in [-0.2, -0.15) is 0 Å². The Bertz CT molecular complexity index is 844. The van der Waals surface area contributed by atoms with Gasteiger partial charge in [0.05, 0.1) is 0 Å². The second kappa shape index (κ2) is 6.92. The van der Waals surface area contributed by atoms with Gasteiger partial charge in [-0.1, -0.05) is 13.0 Å². The van der Waals surface area contributed by atoms with Crippen molar-refractivity contribution in [2.45, 2.75) is 77.6 Å². The Hall–Kier alpha value is -1.72. The fourth-order valence-corrected chi connectivity index (χ4v) is 6.27. The van der Waals surface area contributed by atoms with E-state index in [4.69, 9.17) is 9.47 Å². The molecule has 5 heteroatoms. The molecule has 3 aliphatic rings. The van der Waals surface area contributed by atoms with Crippen LogP contribution in [0.3, 0.4) is 0 Å². The van der Waals surface area contributed by atoms with Crippen molar-refractivity contribution in [3.05, 3.63) is 29.3 Å². The van der Waals surface area contributed by atoms with Crippen LogP contribution in [-0.2, 0) is 25.5 Å². The van der Waals surface area contributed by atoms with E-state index < -0.39 is 16.8 Å². The summed E-state index contributed by atoms with van der Waals surface area (Å²) >= 11 is 0. The van der Waals surface area contributed by atoms with Gasteiger partial charge in [0.2, 0.25) is 0 Å². The molecule has 3 fully saturated rings. The normalized spacial score (nSPS) is 36.4. The van der Waals surface area contributed by atoms with Gasteiger partial charge in [0.25, 0.3) is 0 Å². The molecule has 2 aliphatic carbocycles. The molecule has 1 saturated heterocycles. The molecular formula is C24H32O5. The second-order valence-corrected chi connectivity index (χ2v) is 9.93. The largest absolute Gasteiger partial charge is 0.508 e. The number of carbonyl (C=O) groups excluding carboxylic acids is 2. The molecule has 29 heavy (non-hydrogen) atoms. The molecule has 1 heterocycles. The number of fused-ring (bicyclic) bond motifs is 2. The van der Waals surface area contributed by atoms with Crippen molar-refractivity contribution >= 4 is 11.6 Å². The third-order valence-electron chi connectivity index (χ3n) is 7.71. The standard InChI is InChI=1S/C24H32O5/c1-15-5-8-18(25)11-16(15)6-7-17-12-19(26)13-23(4)20(17)9-10-24(23)21(27)14-28-22(2,3)29-24/h5,8,11,17,20,25H,6-7,9-10,12-14H2,1-4H3. The number of ether oxygens (including phenoxy) is 2. The highest BCUT2D eigenvalue weighted by Gasteiger charge is 2.68. The van der Waals surface area contributed by atoms with Crippen molar-refractivity contribution in [2.75, 3.05) is 6.61 Å². The summed E-state index contributed by atoms with van der Waals surface area (Å²) in [6.07, 6.45) is 4.23. The molecule has 1 aromatic carbocycles. The first kappa shape index (κ1) is 20.5. The van der Waals surface area contributed by atoms with Gasteiger partial charge in [-0.05, 0) is 81.5 Å². The van der Waals surface area contributed by atoms with Gasteiger partial charge in [-0.15, -0.1) is 0 Å². The number of ketones is 2. The Kier molecular flexibility index (Phi) is 4.90. The summed E-state index contributed by atoms with van der Waals surface area (Å²) in [5.74, 6) is 0.168. The Morgan fingerprint density at radius 3 is 2.72 bits per heavy atom. The van der Waals surface area contributed by atoms with E-state index in [2.05, 4.69) is 6.92 Å². The molecule has 1 N–H and O–H groups in total. The fourth-order valence-electron chi connectivity index (χ4n) is 6.27. The van der Waals surface area contributed by atoms with Crippen LogP contribution in [0.1, 0.15) is 64.0 Å². The molecule has 5 nitrogen and oxygen atoms in total. The Morgan fingerprint density at radius 1 is 1.21 bits per heavy atom. The van der Waals surface area contributed by atoms with Gasteiger partial charge in [-0.3, -0.25) is 9.59 Å². The molecular weight excluding hydrogens is 368 g/mol. The first-order valence-electron chi connectivity index (χ1n) is 10.7. The van der Waals surface area contributed by atoms with Gasteiger partial charge in [0.1, 0.15) is 23.7 Å². The van der Waals surface area contributed by atoms with Crippen LogP contribution in [0.2, 0.25) is 0 Å². The highest BCUT2D eigenvalue weighted by atomic mass is 16.7. The first-order valence-corrected chi connectivity index (χ1v) is 10.7. The number of phenolic OH excluding ortho intramolecular Hbond substituents is 1. The molecule has 1 aromatic rings. The predicted molar refractivity (Wildman–Crippen MR) is 109 cm³/mol. The van der Waals surface area contributed by atoms with E-state index in [1.165, 1.54) is 0 Å². The summed E-state index contributed by atoms with van der Waals surface area (Å²) in [6, 6.07) is 5.46. The van der Waals surface area contributed by atoms with Crippen molar-refractivity contribution < 1.29 is 24.2 Å². The smallest absolute Gasteiger partial charge is 0.190 e. The Morgan fingerprint density at radius 2 is 1.97 bits per heavy atom. The SMILES string of the molecule is Cc1ccc(O)cc1CCC1CC(=O)CC2(C)C1CCC21OC(C)(C)OCC1=O. The minimum Gasteiger partial charge on any atom is -0.508 e. The molecule has 1 spiro atoms. The number of rotatable bonds is 3. The zero-order valence-electron chi connectivity index (χ0n) is 17.9. The molecule has 158 valence electrons. The topological polar surface area (TPSA) is 72.8 Å². The number of hydrogen-bond donors (Lipinski definition) is 1. The Balaban J connectivity index is 1.60. The van der Waals surface area contributed by atoms with Gasteiger partial charge in [0.15, 0.2) is 11.6 Å². The molecule has 4 unspecified atom stereocenters. The molecule has 2 saturated carbocycles. The van der Waals surface area contributed by atoms with Crippen LogP contribution in [0.4, 0.5) is 0 Å². The lowest BCUT2D eigenvalue weighted by atomic mass is 9.57. The maximum Gasteiger partial charge on any atom is 0.190 e. The number of aryl methyl sites for hydroxylation is 2. The highest BCUT2D eigenvalue weighted by molar-refractivity contribution is 5.92. The lowest BCUT2D eigenvalue weighted by molar-refractivity contribution is -0.310. The number of Topliss-reactive ketones (excluding diaryl/α,β-unsaturated/α-hetero) is 2. The van der Waals surface area contributed by atoms with E-state index in [0.717, 1.165) is 30.4 Å². The van der Waals surface area contributed by atoms with Crippen LogP contribution >= 0.6 is 0 Å². The lowest BCUT2D eigenvalue weighted by Crippen LogP contribution is -2.63. The average molecular weight is 401 g/mol. The second-order valence-electron chi connectivity index (χ2n) is 9.93. The molecule has 0 amide bonds. The zero-order chi connectivity index (χ0) is 21.0. The summed E-state index contributed by atoms with van der Waals surface area (Å²) in [4.78, 5) is 25.9. The lowest BCUT2D eigenvalue weighted by Gasteiger charge is -2.53. The van der Waals surface area contributed by atoms with Crippen LogP contribution in [0, 0.1) is 24.2 Å². The summed E-state index contributed by atoms with van der Waals surface area (Å²) in [7, 11) is 0. The molecule has 0 bridgehead atoms. The van der Waals surface area contributed by atoms with E-state index in [9.17, 15) is 14.7 Å². The maximum absolute atomic E-state index is 13.1. The van der Waals surface area contributed by atoms with Gasteiger partial charge < -0.3 is 14.6 Å². The predicted octanol–water partition coefficient (Wildman–Crippen LogP) is 4.12. The molecule has 4 rings (SSSR count). The molecule has 0 radical (unpaired) electrons. The van der Waals surface area contributed by atoms with Crippen LogP contribution in [0.25, 0.3) is 0 Å². The number of hydrogen-bond acceptors (Lipinski definition) is 5. The van der Waals surface area contributed by atoms with Gasteiger partial charge >= 0.3 is 0 Å². The van der Waals surface area contributed by atoms with Crippen molar-refractivity contribution in [3.8, 4) is 5.75 Å². The first-order chi connectivity index (χ1) is 13.6. The summed E-state index contributed by atoms with van der Waals surface area (Å²) in [6.45, 7) is 7.89. The van der Waals surface area contributed by atoms with E-state index in [0.29, 0.717) is 19.3 Å². The Labute approximate surface area is 172 Å². The summed E-state index contributed by atoms with van der Waals surface area (Å²) in [5.41, 5.74) is 0.866. The van der Waals surface area contributed by atoms with E-state index in [-0.39, 0.29) is 35.8 Å². The van der Waals surface area contributed by atoms with Crippen LogP contribution in [0.5, 0.6) is 5.75 Å². The summed E-state index contributed by atoms with van der Waals surface area (Å²) in [5, 5.41) is 9.83. The third-order valence-corrected chi connectivity index (χ3v) is 7.71. The minimum atomic E-state index is -0.922.